The summed E-state index contributed by atoms with van der Waals surface area (Å²) >= 11 is 11.6. The Hall–Kier alpha value is -1.58. The normalized spacial score (nSPS) is 10.8. The first kappa shape index (κ1) is 12.9. The highest BCUT2D eigenvalue weighted by molar-refractivity contribution is 6.42. The highest BCUT2D eigenvalue weighted by atomic mass is 35.5. The molecule has 18 heavy (non-hydrogen) atoms. The van der Waals surface area contributed by atoms with Gasteiger partial charge in [-0.25, -0.2) is 4.39 Å². The summed E-state index contributed by atoms with van der Waals surface area (Å²) in [5, 5.41) is 4.83. The second-order valence-electron chi connectivity index (χ2n) is 3.52. The molecule has 1 N–H and O–H groups in total. The van der Waals surface area contributed by atoms with Crippen molar-refractivity contribution in [1.29, 1.82) is 0 Å². The molecule has 0 radical (unpaired) electrons. The molecule has 0 aromatic heterocycles. The average molecular weight is 283 g/mol. The first-order valence-corrected chi connectivity index (χ1v) is 5.91. The largest absolute Gasteiger partial charge is 0.278 e. The second-order valence-corrected chi connectivity index (χ2v) is 4.33. The van der Waals surface area contributed by atoms with Crippen molar-refractivity contribution in [1.82, 2.24) is 0 Å². The van der Waals surface area contributed by atoms with Crippen molar-refractivity contribution in [2.75, 3.05) is 5.43 Å². The van der Waals surface area contributed by atoms with E-state index in [0.29, 0.717) is 21.3 Å². The third kappa shape index (κ3) is 3.22. The number of anilines is 1. The number of benzene rings is 2. The summed E-state index contributed by atoms with van der Waals surface area (Å²) in [5.41, 5.74) is 3.83. The Bertz CT molecular complexity index is 585. The highest BCUT2D eigenvalue weighted by Crippen LogP contribution is 2.24. The maximum Gasteiger partial charge on any atom is 0.132 e. The molecule has 0 saturated carbocycles. The summed E-state index contributed by atoms with van der Waals surface area (Å²) in [5.74, 6) is -0.322. The van der Waals surface area contributed by atoms with Crippen LogP contribution in [-0.2, 0) is 0 Å². The Morgan fingerprint density at radius 1 is 1.06 bits per heavy atom. The highest BCUT2D eigenvalue weighted by Gasteiger charge is 1.98. The Morgan fingerprint density at radius 2 is 1.83 bits per heavy atom. The van der Waals surface area contributed by atoms with E-state index in [1.807, 2.05) is 0 Å². The van der Waals surface area contributed by atoms with E-state index in [1.54, 1.807) is 36.4 Å². The van der Waals surface area contributed by atoms with Crippen molar-refractivity contribution in [3.8, 4) is 0 Å². The lowest BCUT2D eigenvalue weighted by Gasteiger charge is -2.02. The quantitative estimate of drug-likeness (QED) is 0.647. The molecular weight excluding hydrogens is 274 g/mol. The van der Waals surface area contributed by atoms with Crippen LogP contribution in [0.1, 0.15) is 5.56 Å². The molecule has 0 saturated heterocycles. The molecule has 0 aliphatic heterocycles. The summed E-state index contributed by atoms with van der Waals surface area (Å²) < 4.78 is 13.3. The Balaban J connectivity index is 2.07. The number of nitrogens with zero attached hydrogens (tertiary/aromatic N) is 1. The molecule has 0 atom stereocenters. The molecule has 92 valence electrons. The molecule has 0 heterocycles. The standard InChI is InChI=1S/C13H9Cl2FN2/c14-11-6-5-10(7-12(11)15)18-17-8-9-3-1-2-4-13(9)16/h1-8,18H/b17-8+. The van der Waals surface area contributed by atoms with Gasteiger partial charge in [0, 0.05) is 5.56 Å². The van der Waals surface area contributed by atoms with Crippen LogP contribution >= 0.6 is 23.2 Å². The topological polar surface area (TPSA) is 24.4 Å². The minimum Gasteiger partial charge on any atom is -0.278 e. The number of rotatable bonds is 3. The molecular formula is C13H9Cl2FN2. The Kier molecular flexibility index (Phi) is 4.18. The minimum atomic E-state index is -0.322. The maximum atomic E-state index is 13.3. The van der Waals surface area contributed by atoms with Gasteiger partial charge in [-0.15, -0.1) is 0 Å². The van der Waals surface area contributed by atoms with E-state index in [-0.39, 0.29) is 5.82 Å². The van der Waals surface area contributed by atoms with Gasteiger partial charge in [0.15, 0.2) is 0 Å². The van der Waals surface area contributed by atoms with Gasteiger partial charge in [0.25, 0.3) is 0 Å². The number of halogens is 3. The average Bonchev–Trinajstić information content (AvgIpc) is 2.36. The third-order valence-electron chi connectivity index (χ3n) is 2.22. The van der Waals surface area contributed by atoms with E-state index in [2.05, 4.69) is 10.5 Å². The molecule has 0 fully saturated rings. The molecule has 0 amide bonds. The smallest absolute Gasteiger partial charge is 0.132 e. The molecule has 2 nitrogen and oxygen atoms in total. The summed E-state index contributed by atoms with van der Waals surface area (Å²) in [7, 11) is 0. The SMILES string of the molecule is Fc1ccccc1/C=N/Nc1ccc(Cl)c(Cl)c1. The zero-order valence-corrected chi connectivity index (χ0v) is 10.7. The van der Waals surface area contributed by atoms with Crippen LogP contribution in [0.5, 0.6) is 0 Å². The van der Waals surface area contributed by atoms with Crippen molar-refractivity contribution < 1.29 is 4.39 Å². The van der Waals surface area contributed by atoms with Gasteiger partial charge in [0.2, 0.25) is 0 Å². The van der Waals surface area contributed by atoms with Crippen LogP contribution in [0.2, 0.25) is 10.0 Å². The van der Waals surface area contributed by atoms with Gasteiger partial charge >= 0.3 is 0 Å². The van der Waals surface area contributed by atoms with Gasteiger partial charge in [-0.2, -0.15) is 5.10 Å². The molecule has 0 bridgehead atoms. The van der Waals surface area contributed by atoms with E-state index in [4.69, 9.17) is 23.2 Å². The Morgan fingerprint density at radius 3 is 2.56 bits per heavy atom. The fourth-order valence-corrected chi connectivity index (χ4v) is 1.62. The van der Waals surface area contributed by atoms with Gasteiger partial charge in [0.1, 0.15) is 5.82 Å². The van der Waals surface area contributed by atoms with Crippen LogP contribution in [0.15, 0.2) is 47.6 Å². The number of nitrogens with one attached hydrogen (secondary N) is 1. The van der Waals surface area contributed by atoms with Gasteiger partial charge in [-0.3, -0.25) is 5.43 Å². The number of hydrogen-bond donors (Lipinski definition) is 1. The zero-order valence-electron chi connectivity index (χ0n) is 9.20. The summed E-state index contributed by atoms with van der Waals surface area (Å²) in [6.07, 6.45) is 1.40. The van der Waals surface area contributed by atoms with E-state index < -0.39 is 0 Å². The van der Waals surface area contributed by atoms with Crippen molar-refractivity contribution in [3.63, 3.8) is 0 Å². The lowest BCUT2D eigenvalue weighted by atomic mass is 10.2. The van der Waals surface area contributed by atoms with E-state index in [9.17, 15) is 4.39 Å². The van der Waals surface area contributed by atoms with E-state index >= 15 is 0 Å². The molecule has 0 spiro atoms. The van der Waals surface area contributed by atoms with Crippen molar-refractivity contribution in [2.24, 2.45) is 5.10 Å². The van der Waals surface area contributed by atoms with Crippen LogP contribution < -0.4 is 5.43 Å². The monoisotopic (exact) mass is 282 g/mol. The van der Waals surface area contributed by atoms with Crippen LogP contribution in [0.25, 0.3) is 0 Å². The molecule has 0 aliphatic rings. The van der Waals surface area contributed by atoms with Crippen LogP contribution in [0.4, 0.5) is 10.1 Å². The molecule has 5 heteroatoms. The summed E-state index contributed by atoms with van der Waals surface area (Å²) in [6.45, 7) is 0. The summed E-state index contributed by atoms with van der Waals surface area (Å²) in [4.78, 5) is 0. The number of hydrazone groups is 1. The van der Waals surface area contributed by atoms with Gasteiger partial charge in [-0.1, -0.05) is 41.4 Å². The van der Waals surface area contributed by atoms with Crippen LogP contribution in [0.3, 0.4) is 0 Å². The lowest BCUT2D eigenvalue weighted by molar-refractivity contribution is 0.626. The predicted molar refractivity (Wildman–Crippen MR) is 74.1 cm³/mol. The lowest BCUT2D eigenvalue weighted by Crippen LogP contribution is -1.92. The van der Waals surface area contributed by atoms with E-state index in [0.717, 1.165) is 0 Å². The molecule has 2 rings (SSSR count). The van der Waals surface area contributed by atoms with E-state index in [1.165, 1.54) is 12.3 Å². The van der Waals surface area contributed by atoms with Gasteiger partial charge in [0.05, 0.1) is 21.9 Å². The van der Waals surface area contributed by atoms with Crippen molar-refractivity contribution >= 4 is 35.1 Å². The summed E-state index contributed by atoms with van der Waals surface area (Å²) in [6, 6.07) is 11.4. The minimum absolute atomic E-state index is 0.322. The third-order valence-corrected chi connectivity index (χ3v) is 2.96. The van der Waals surface area contributed by atoms with Crippen molar-refractivity contribution in [2.45, 2.75) is 0 Å². The van der Waals surface area contributed by atoms with Gasteiger partial charge in [-0.05, 0) is 24.3 Å². The molecule has 2 aromatic rings. The fraction of sp³-hybridized carbons (Fsp3) is 0. The second kappa shape index (κ2) is 5.85. The fourth-order valence-electron chi connectivity index (χ4n) is 1.32. The predicted octanol–water partition coefficient (Wildman–Crippen LogP) is 4.58. The van der Waals surface area contributed by atoms with Crippen molar-refractivity contribution in [3.05, 3.63) is 63.9 Å². The van der Waals surface area contributed by atoms with Crippen LogP contribution in [0, 0.1) is 5.82 Å². The maximum absolute atomic E-state index is 13.3. The zero-order chi connectivity index (χ0) is 13.0. The van der Waals surface area contributed by atoms with Crippen LogP contribution in [-0.4, -0.2) is 6.21 Å². The molecule has 0 aliphatic carbocycles. The number of hydrogen-bond acceptors (Lipinski definition) is 2. The first-order chi connectivity index (χ1) is 8.66. The first-order valence-electron chi connectivity index (χ1n) is 5.15. The molecule has 2 aromatic carbocycles. The molecule has 0 unspecified atom stereocenters. The Labute approximate surface area is 114 Å². The van der Waals surface area contributed by atoms with Gasteiger partial charge < -0.3 is 0 Å².